The number of ketones is 1. The van der Waals surface area contributed by atoms with Crippen LogP contribution in [-0.4, -0.2) is 16.3 Å². The van der Waals surface area contributed by atoms with Crippen LogP contribution in [0.5, 0.6) is 0 Å². The molecule has 1 aliphatic rings. The van der Waals surface area contributed by atoms with Crippen LogP contribution >= 0.6 is 11.8 Å². The third-order valence-electron chi connectivity index (χ3n) is 2.19. The molecule has 11 heavy (non-hydrogen) atoms. The van der Waals surface area contributed by atoms with Crippen LogP contribution in [0, 0.1) is 5.92 Å². The summed E-state index contributed by atoms with van der Waals surface area (Å²) in [6.45, 7) is 6.45. The molecule has 1 nitrogen and oxygen atoms in total. The fraction of sp³-hybridized carbons (Fsp3) is 0.889. The number of carbonyl (C=O) groups excluding carboxylic acids is 1. The van der Waals surface area contributed by atoms with E-state index in [2.05, 4.69) is 20.8 Å². The SMILES string of the molecule is CC(C)SC1CCC(=O)C1C. The molecular formula is C9H16OS. The summed E-state index contributed by atoms with van der Waals surface area (Å²) >= 11 is 1.95. The Morgan fingerprint density at radius 3 is 2.55 bits per heavy atom. The second-order valence-electron chi connectivity index (χ2n) is 3.52. The normalized spacial score (nSPS) is 31.8. The van der Waals surface area contributed by atoms with Gasteiger partial charge in [-0.3, -0.25) is 4.79 Å². The van der Waals surface area contributed by atoms with Crippen molar-refractivity contribution in [2.45, 2.75) is 44.1 Å². The van der Waals surface area contributed by atoms with Crippen LogP contribution < -0.4 is 0 Å². The largest absolute Gasteiger partial charge is 0.299 e. The van der Waals surface area contributed by atoms with Crippen molar-refractivity contribution in [3.05, 3.63) is 0 Å². The summed E-state index contributed by atoms with van der Waals surface area (Å²) in [6.07, 6.45) is 1.91. The highest BCUT2D eigenvalue weighted by Crippen LogP contribution is 2.34. The molecule has 1 fully saturated rings. The minimum Gasteiger partial charge on any atom is -0.299 e. The van der Waals surface area contributed by atoms with E-state index in [-0.39, 0.29) is 0 Å². The van der Waals surface area contributed by atoms with Crippen molar-refractivity contribution in [1.82, 2.24) is 0 Å². The second kappa shape index (κ2) is 3.61. The number of hydrogen-bond donors (Lipinski definition) is 0. The average Bonchev–Trinajstić information content (AvgIpc) is 2.18. The molecule has 0 aliphatic heterocycles. The molecule has 0 amide bonds. The molecule has 2 unspecified atom stereocenters. The second-order valence-corrected chi connectivity index (χ2v) is 5.34. The van der Waals surface area contributed by atoms with Crippen molar-refractivity contribution in [1.29, 1.82) is 0 Å². The van der Waals surface area contributed by atoms with E-state index in [1.807, 2.05) is 11.8 Å². The molecule has 2 atom stereocenters. The number of Topliss-reactive ketones (excluding diaryl/α,β-unsaturated/α-hetero) is 1. The van der Waals surface area contributed by atoms with E-state index >= 15 is 0 Å². The fourth-order valence-corrected chi connectivity index (χ4v) is 2.85. The van der Waals surface area contributed by atoms with Crippen LogP contribution in [0.1, 0.15) is 33.6 Å². The van der Waals surface area contributed by atoms with E-state index in [0.29, 0.717) is 22.2 Å². The molecule has 0 aromatic rings. The lowest BCUT2D eigenvalue weighted by Gasteiger charge is -2.15. The van der Waals surface area contributed by atoms with Crippen molar-refractivity contribution >= 4 is 17.5 Å². The quantitative estimate of drug-likeness (QED) is 0.636. The molecule has 1 aliphatic carbocycles. The monoisotopic (exact) mass is 172 g/mol. The molecule has 1 saturated carbocycles. The Hall–Kier alpha value is 0.0200. The number of rotatable bonds is 2. The summed E-state index contributed by atoms with van der Waals surface area (Å²) in [6, 6.07) is 0. The van der Waals surface area contributed by atoms with Crippen molar-refractivity contribution in [2.75, 3.05) is 0 Å². The summed E-state index contributed by atoms with van der Waals surface area (Å²) in [4.78, 5) is 11.2. The van der Waals surface area contributed by atoms with E-state index in [0.717, 1.165) is 12.8 Å². The first kappa shape index (κ1) is 9.11. The topological polar surface area (TPSA) is 17.1 Å². The van der Waals surface area contributed by atoms with Crippen molar-refractivity contribution in [3.63, 3.8) is 0 Å². The molecule has 0 radical (unpaired) electrons. The standard InChI is InChI=1S/C9H16OS/c1-6(2)11-9-5-4-8(10)7(9)3/h6-7,9H,4-5H2,1-3H3. The lowest BCUT2D eigenvalue weighted by atomic mass is 10.1. The molecular weight excluding hydrogens is 156 g/mol. The molecule has 1 rings (SSSR count). The van der Waals surface area contributed by atoms with Crippen LogP contribution in [0.25, 0.3) is 0 Å². The summed E-state index contributed by atoms with van der Waals surface area (Å²) in [5.41, 5.74) is 0. The first-order valence-electron chi connectivity index (χ1n) is 4.29. The van der Waals surface area contributed by atoms with Gasteiger partial charge in [0.15, 0.2) is 0 Å². The Balaban J connectivity index is 2.42. The lowest BCUT2D eigenvalue weighted by Crippen LogP contribution is -2.14. The van der Waals surface area contributed by atoms with Gasteiger partial charge in [-0.05, 0) is 11.7 Å². The highest BCUT2D eigenvalue weighted by atomic mass is 32.2. The zero-order chi connectivity index (χ0) is 8.43. The smallest absolute Gasteiger partial charge is 0.136 e. The first-order valence-corrected chi connectivity index (χ1v) is 5.23. The predicted molar refractivity (Wildman–Crippen MR) is 49.9 cm³/mol. The molecule has 0 heterocycles. The minimum atomic E-state index is 0.308. The summed E-state index contributed by atoms with van der Waals surface area (Å²) in [7, 11) is 0. The predicted octanol–water partition coefficient (Wildman–Crippen LogP) is 2.50. The Morgan fingerprint density at radius 2 is 2.18 bits per heavy atom. The maximum Gasteiger partial charge on any atom is 0.136 e. The van der Waals surface area contributed by atoms with E-state index in [4.69, 9.17) is 0 Å². The van der Waals surface area contributed by atoms with Gasteiger partial charge in [-0.1, -0.05) is 20.8 Å². The van der Waals surface area contributed by atoms with Crippen LogP contribution in [0.15, 0.2) is 0 Å². The van der Waals surface area contributed by atoms with Crippen LogP contribution in [-0.2, 0) is 4.79 Å². The zero-order valence-electron chi connectivity index (χ0n) is 7.46. The van der Waals surface area contributed by atoms with Gasteiger partial charge in [0.2, 0.25) is 0 Å². The molecule has 0 spiro atoms. The van der Waals surface area contributed by atoms with E-state index < -0.39 is 0 Å². The van der Waals surface area contributed by atoms with Gasteiger partial charge in [0.25, 0.3) is 0 Å². The molecule has 0 aromatic heterocycles. The summed E-state index contributed by atoms with van der Waals surface area (Å²) in [5, 5.41) is 1.26. The Bertz CT molecular complexity index is 154. The van der Waals surface area contributed by atoms with Crippen LogP contribution in [0.4, 0.5) is 0 Å². The van der Waals surface area contributed by atoms with Gasteiger partial charge in [0, 0.05) is 17.6 Å². The van der Waals surface area contributed by atoms with E-state index in [1.165, 1.54) is 0 Å². The summed E-state index contributed by atoms with van der Waals surface area (Å²) in [5.74, 6) is 0.769. The first-order chi connectivity index (χ1) is 5.11. The van der Waals surface area contributed by atoms with Gasteiger partial charge in [-0.15, -0.1) is 0 Å². The molecule has 0 aromatic carbocycles. The molecule has 2 heteroatoms. The zero-order valence-corrected chi connectivity index (χ0v) is 8.28. The number of carbonyl (C=O) groups is 1. The minimum absolute atomic E-state index is 0.308. The number of thioether (sulfide) groups is 1. The molecule has 64 valence electrons. The van der Waals surface area contributed by atoms with Crippen molar-refractivity contribution < 1.29 is 4.79 Å². The van der Waals surface area contributed by atoms with Gasteiger partial charge >= 0.3 is 0 Å². The Morgan fingerprint density at radius 1 is 1.55 bits per heavy atom. The third kappa shape index (κ3) is 2.22. The van der Waals surface area contributed by atoms with Crippen LogP contribution in [0.2, 0.25) is 0 Å². The number of hydrogen-bond acceptors (Lipinski definition) is 2. The van der Waals surface area contributed by atoms with Gasteiger partial charge in [-0.25, -0.2) is 0 Å². The Labute approximate surface area is 72.9 Å². The average molecular weight is 172 g/mol. The molecule has 0 saturated heterocycles. The van der Waals surface area contributed by atoms with Gasteiger partial charge in [-0.2, -0.15) is 11.8 Å². The third-order valence-corrected chi connectivity index (χ3v) is 3.73. The van der Waals surface area contributed by atoms with Crippen molar-refractivity contribution in [2.24, 2.45) is 5.92 Å². The van der Waals surface area contributed by atoms with Gasteiger partial charge in [0.05, 0.1) is 0 Å². The van der Waals surface area contributed by atoms with Gasteiger partial charge < -0.3 is 0 Å². The molecule has 0 N–H and O–H groups in total. The molecule has 0 bridgehead atoms. The fourth-order valence-electron chi connectivity index (χ4n) is 1.51. The summed E-state index contributed by atoms with van der Waals surface area (Å²) < 4.78 is 0. The highest BCUT2D eigenvalue weighted by molar-refractivity contribution is 8.00. The van der Waals surface area contributed by atoms with Crippen LogP contribution in [0.3, 0.4) is 0 Å². The van der Waals surface area contributed by atoms with E-state index in [9.17, 15) is 4.79 Å². The lowest BCUT2D eigenvalue weighted by molar-refractivity contribution is -0.120. The maximum absolute atomic E-state index is 11.2. The highest BCUT2D eigenvalue weighted by Gasteiger charge is 2.31. The Kier molecular flexibility index (Phi) is 2.99. The van der Waals surface area contributed by atoms with Crippen molar-refractivity contribution in [3.8, 4) is 0 Å². The maximum atomic E-state index is 11.2. The van der Waals surface area contributed by atoms with E-state index in [1.54, 1.807) is 0 Å². The van der Waals surface area contributed by atoms with Gasteiger partial charge in [0.1, 0.15) is 5.78 Å².